The first kappa shape index (κ1) is 32.8. The molecule has 0 unspecified atom stereocenters. The number of hydrogen-bond donors (Lipinski definition) is 0. The van der Waals surface area contributed by atoms with Crippen molar-refractivity contribution in [3.63, 3.8) is 0 Å². The summed E-state index contributed by atoms with van der Waals surface area (Å²) in [5.41, 5.74) is 18.1. The van der Waals surface area contributed by atoms with Crippen molar-refractivity contribution in [2.24, 2.45) is 0 Å². The summed E-state index contributed by atoms with van der Waals surface area (Å²) in [7, 11) is 0. The predicted molar refractivity (Wildman–Crippen MR) is 233 cm³/mol. The SMILES string of the molecule is Cc1cccc2c1N1c3cc(-c4ccc(N(c5ccc6c(c5)C(C)(C)c5ccccc5-6)c5cccc6ccccc56)cc4)ccc3C(C)(C)c3cccc(c31)O2. The van der Waals surface area contributed by atoms with Crippen LogP contribution in [-0.2, 0) is 10.8 Å². The van der Waals surface area contributed by atoms with Crippen molar-refractivity contribution in [2.45, 2.75) is 45.4 Å². The second kappa shape index (κ2) is 11.7. The van der Waals surface area contributed by atoms with Gasteiger partial charge in [0.05, 0.1) is 22.7 Å². The lowest BCUT2D eigenvalue weighted by molar-refractivity contribution is 0.471. The molecular formula is C53H42N2O. The van der Waals surface area contributed by atoms with E-state index in [1.165, 1.54) is 66.5 Å². The fourth-order valence-electron chi connectivity index (χ4n) is 9.85. The zero-order valence-corrected chi connectivity index (χ0v) is 32.4. The molecule has 11 rings (SSSR count). The van der Waals surface area contributed by atoms with Gasteiger partial charge in [0.15, 0.2) is 11.5 Å². The van der Waals surface area contributed by atoms with Crippen molar-refractivity contribution in [1.82, 2.24) is 0 Å². The highest BCUT2D eigenvalue weighted by atomic mass is 16.5. The van der Waals surface area contributed by atoms with Crippen LogP contribution in [0, 0.1) is 6.92 Å². The van der Waals surface area contributed by atoms with Gasteiger partial charge in [0, 0.05) is 27.6 Å². The summed E-state index contributed by atoms with van der Waals surface area (Å²) in [6, 6.07) is 60.3. The average molecular weight is 723 g/mol. The first-order valence-corrected chi connectivity index (χ1v) is 19.7. The Bertz CT molecular complexity index is 2910. The molecule has 270 valence electrons. The Morgan fingerprint density at radius 3 is 1.98 bits per heavy atom. The van der Waals surface area contributed by atoms with Gasteiger partial charge in [-0.25, -0.2) is 0 Å². The summed E-state index contributed by atoms with van der Waals surface area (Å²) < 4.78 is 6.57. The van der Waals surface area contributed by atoms with Gasteiger partial charge < -0.3 is 14.5 Å². The molecular weight excluding hydrogens is 681 g/mol. The molecule has 8 aromatic carbocycles. The number of hydrogen-bond acceptors (Lipinski definition) is 3. The van der Waals surface area contributed by atoms with Gasteiger partial charge in [-0.1, -0.05) is 143 Å². The van der Waals surface area contributed by atoms with Crippen LogP contribution in [0.5, 0.6) is 11.5 Å². The van der Waals surface area contributed by atoms with E-state index in [1.54, 1.807) is 0 Å². The van der Waals surface area contributed by atoms with E-state index in [1.807, 2.05) is 0 Å². The minimum absolute atomic E-state index is 0.0992. The molecule has 0 fully saturated rings. The standard InChI is InChI=1S/C53H42N2O/c1-33-13-10-21-48-50(33)55-47-31-36(25-30-43(47)53(4,5)44-19-12-22-49(56-48)51(44)55)34-23-26-37(27-24-34)54(46-20-11-15-35-14-6-7-16-39(35)46)38-28-29-41-40-17-8-9-18-42(40)52(2,3)45(41)32-38/h6-32H,1-5H3. The van der Waals surface area contributed by atoms with Crippen molar-refractivity contribution >= 4 is 44.9 Å². The highest BCUT2D eigenvalue weighted by Crippen LogP contribution is 2.61. The van der Waals surface area contributed by atoms with E-state index >= 15 is 0 Å². The molecule has 1 aliphatic carbocycles. The number of benzene rings is 8. The second-order valence-corrected chi connectivity index (χ2v) is 16.6. The number of fused-ring (bicyclic) bond motifs is 8. The van der Waals surface area contributed by atoms with E-state index in [9.17, 15) is 0 Å². The first-order valence-electron chi connectivity index (χ1n) is 19.7. The number of ether oxygens (including phenoxy) is 1. The maximum atomic E-state index is 6.57. The molecule has 3 aliphatic rings. The van der Waals surface area contributed by atoms with Crippen LogP contribution in [0.15, 0.2) is 164 Å². The molecule has 0 aromatic heterocycles. The van der Waals surface area contributed by atoms with Gasteiger partial charge in [-0.3, -0.25) is 0 Å². The largest absolute Gasteiger partial charge is 0.453 e. The van der Waals surface area contributed by atoms with E-state index in [0.29, 0.717) is 0 Å². The molecule has 56 heavy (non-hydrogen) atoms. The fourth-order valence-corrected chi connectivity index (χ4v) is 9.85. The van der Waals surface area contributed by atoms with Crippen LogP contribution in [0.3, 0.4) is 0 Å². The molecule has 0 spiro atoms. The molecule has 2 aliphatic heterocycles. The molecule has 0 saturated heterocycles. The molecule has 3 nitrogen and oxygen atoms in total. The zero-order chi connectivity index (χ0) is 37.9. The maximum absolute atomic E-state index is 6.57. The lowest BCUT2D eigenvalue weighted by Gasteiger charge is -2.45. The van der Waals surface area contributed by atoms with Crippen molar-refractivity contribution in [1.29, 1.82) is 0 Å². The lowest BCUT2D eigenvalue weighted by Crippen LogP contribution is -2.32. The Balaban J connectivity index is 1.05. The number of anilines is 6. The molecule has 0 atom stereocenters. The van der Waals surface area contributed by atoms with Gasteiger partial charge in [0.1, 0.15) is 0 Å². The van der Waals surface area contributed by atoms with Crippen LogP contribution in [0.2, 0.25) is 0 Å². The highest BCUT2D eigenvalue weighted by molar-refractivity contribution is 6.00. The first-order chi connectivity index (χ1) is 27.2. The Morgan fingerprint density at radius 2 is 1.12 bits per heavy atom. The average Bonchev–Trinajstić information content (AvgIpc) is 3.45. The molecule has 0 N–H and O–H groups in total. The van der Waals surface area contributed by atoms with Gasteiger partial charge >= 0.3 is 0 Å². The Labute approximate surface area is 329 Å². The van der Waals surface area contributed by atoms with Gasteiger partial charge in [0.2, 0.25) is 0 Å². The molecule has 0 amide bonds. The minimum atomic E-state index is -0.201. The van der Waals surface area contributed by atoms with Crippen LogP contribution in [0.4, 0.5) is 34.1 Å². The highest BCUT2D eigenvalue weighted by Gasteiger charge is 2.42. The molecule has 0 bridgehead atoms. The summed E-state index contributed by atoms with van der Waals surface area (Å²) >= 11 is 0. The number of aryl methyl sites for hydroxylation is 1. The monoisotopic (exact) mass is 722 g/mol. The Kier molecular flexibility index (Phi) is 6.86. The molecule has 0 saturated carbocycles. The minimum Gasteiger partial charge on any atom is -0.453 e. The van der Waals surface area contributed by atoms with Crippen molar-refractivity contribution < 1.29 is 4.74 Å². The van der Waals surface area contributed by atoms with Gasteiger partial charge in [0.25, 0.3) is 0 Å². The third kappa shape index (κ3) is 4.58. The van der Waals surface area contributed by atoms with E-state index in [4.69, 9.17) is 4.74 Å². The van der Waals surface area contributed by atoms with Gasteiger partial charge in [-0.05, 0) is 111 Å². The quantitative estimate of drug-likeness (QED) is 0.180. The zero-order valence-electron chi connectivity index (χ0n) is 32.4. The summed E-state index contributed by atoms with van der Waals surface area (Å²) in [5, 5.41) is 2.45. The summed E-state index contributed by atoms with van der Waals surface area (Å²) in [6.07, 6.45) is 0. The van der Waals surface area contributed by atoms with E-state index in [0.717, 1.165) is 39.9 Å². The molecule has 8 aromatic rings. The molecule has 3 heteroatoms. The van der Waals surface area contributed by atoms with Crippen molar-refractivity contribution in [3.05, 3.63) is 192 Å². The summed E-state index contributed by atoms with van der Waals surface area (Å²) in [5.74, 6) is 1.80. The maximum Gasteiger partial charge on any atom is 0.151 e. The van der Waals surface area contributed by atoms with Gasteiger partial charge in [-0.2, -0.15) is 0 Å². The van der Waals surface area contributed by atoms with Gasteiger partial charge in [-0.15, -0.1) is 0 Å². The third-order valence-electron chi connectivity index (χ3n) is 12.7. The topological polar surface area (TPSA) is 15.7 Å². The van der Waals surface area contributed by atoms with Crippen LogP contribution in [0.25, 0.3) is 33.0 Å². The Morgan fingerprint density at radius 1 is 0.482 bits per heavy atom. The second-order valence-electron chi connectivity index (χ2n) is 16.6. The van der Waals surface area contributed by atoms with Crippen LogP contribution in [-0.4, -0.2) is 0 Å². The van der Waals surface area contributed by atoms with E-state index in [-0.39, 0.29) is 10.8 Å². The fraction of sp³-hybridized carbons (Fsp3) is 0.132. The third-order valence-corrected chi connectivity index (χ3v) is 12.7. The summed E-state index contributed by atoms with van der Waals surface area (Å²) in [6.45, 7) is 11.6. The van der Waals surface area contributed by atoms with E-state index in [2.05, 4.69) is 208 Å². The summed E-state index contributed by atoms with van der Waals surface area (Å²) in [4.78, 5) is 4.89. The Hall–Kier alpha value is -6.58. The number of rotatable bonds is 4. The smallest absolute Gasteiger partial charge is 0.151 e. The number of nitrogens with zero attached hydrogens (tertiary/aromatic N) is 2. The lowest BCUT2D eigenvalue weighted by atomic mass is 9.72. The molecule has 2 heterocycles. The van der Waals surface area contributed by atoms with Crippen LogP contribution < -0.4 is 14.5 Å². The normalized spacial score (nSPS) is 14.9. The van der Waals surface area contributed by atoms with Crippen molar-refractivity contribution in [3.8, 4) is 33.8 Å². The van der Waals surface area contributed by atoms with E-state index < -0.39 is 0 Å². The van der Waals surface area contributed by atoms with Crippen LogP contribution >= 0.6 is 0 Å². The molecule has 0 radical (unpaired) electrons. The number of para-hydroxylation sites is 2. The van der Waals surface area contributed by atoms with Crippen LogP contribution in [0.1, 0.15) is 55.5 Å². The van der Waals surface area contributed by atoms with Crippen molar-refractivity contribution in [2.75, 3.05) is 9.80 Å². The predicted octanol–water partition coefficient (Wildman–Crippen LogP) is 14.8.